The first-order valence-corrected chi connectivity index (χ1v) is 6.79. The van der Waals surface area contributed by atoms with Crippen molar-refractivity contribution in [3.05, 3.63) is 35.0 Å². The van der Waals surface area contributed by atoms with E-state index in [4.69, 9.17) is 0 Å². The third-order valence-electron chi connectivity index (χ3n) is 3.52. The lowest BCUT2D eigenvalue weighted by Crippen LogP contribution is -1.85. The van der Waals surface area contributed by atoms with Gasteiger partial charge >= 0.3 is 0 Å². The van der Waals surface area contributed by atoms with Gasteiger partial charge in [-0.1, -0.05) is 37.8 Å². The molecular weight excluding hydrogens is 206 g/mol. The van der Waals surface area contributed by atoms with E-state index in [1.165, 1.54) is 59.7 Å². The van der Waals surface area contributed by atoms with Gasteiger partial charge in [0.2, 0.25) is 0 Å². The van der Waals surface area contributed by atoms with Crippen LogP contribution in [0.25, 0.3) is 10.9 Å². The maximum absolute atomic E-state index is 3.42. The zero-order valence-electron chi connectivity index (χ0n) is 11.3. The van der Waals surface area contributed by atoms with Crippen LogP contribution in [-0.4, -0.2) is 4.98 Å². The summed E-state index contributed by atoms with van der Waals surface area (Å²) in [5.74, 6) is 0. The Morgan fingerprint density at radius 1 is 1.06 bits per heavy atom. The predicted molar refractivity (Wildman–Crippen MR) is 75.6 cm³/mol. The van der Waals surface area contributed by atoms with Crippen LogP contribution in [0.3, 0.4) is 0 Å². The maximum atomic E-state index is 3.42. The highest BCUT2D eigenvalue weighted by atomic mass is 14.7. The number of unbranched alkanes of at least 4 members (excludes halogenated alkanes) is 3. The normalized spacial score (nSPS) is 11.2. The molecule has 0 unspecified atom stereocenters. The van der Waals surface area contributed by atoms with E-state index in [0.29, 0.717) is 0 Å². The molecule has 1 aromatic heterocycles. The summed E-state index contributed by atoms with van der Waals surface area (Å²) < 4.78 is 0. The SMILES string of the molecule is CCCCCCc1c[nH]c2c(C)cc(C)cc12. The van der Waals surface area contributed by atoms with Crippen LogP contribution in [0.15, 0.2) is 18.3 Å². The van der Waals surface area contributed by atoms with E-state index in [-0.39, 0.29) is 0 Å². The largest absolute Gasteiger partial charge is 0.361 e. The third-order valence-corrected chi connectivity index (χ3v) is 3.52. The molecule has 1 heterocycles. The average molecular weight is 229 g/mol. The van der Waals surface area contributed by atoms with Crippen LogP contribution in [0.2, 0.25) is 0 Å². The zero-order chi connectivity index (χ0) is 12.3. The van der Waals surface area contributed by atoms with Gasteiger partial charge in [-0.2, -0.15) is 0 Å². The van der Waals surface area contributed by atoms with E-state index in [0.717, 1.165) is 0 Å². The maximum Gasteiger partial charge on any atom is 0.0486 e. The Morgan fingerprint density at radius 3 is 2.65 bits per heavy atom. The van der Waals surface area contributed by atoms with Crippen LogP contribution < -0.4 is 0 Å². The molecule has 0 amide bonds. The van der Waals surface area contributed by atoms with Crippen molar-refractivity contribution in [3.8, 4) is 0 Å². The summed E-state index contributed by atoms with van der Waals surface area (Å²) in [7, 11) is 0. The minimum Gasteiger partial charge on any atom is -0.361 e. The van der Waals surface area contributed by atoms with Gasteiger partial charge in [0.15, 0.2) is 0 Å². The topological polar surface area (TPSA) is 15.8 Å². The van der Waals surface area contributed by atoms with Gasteiger partial charge in [0.05, 0.1) is 0 Å². The van der Waals surface area contributed by atoms with Gasteiger partial charge in [-0.3, -0.25) is 0 Å². The van der Waals surface area contributed by atoms with Gasteiger partial charge in [-0.05, 0) is 43.9 Å². The monoisotopic (exact) mass is 229 g/mol. The second-order valence-corrected chi connectivity index (χ2v) is 5.13. The molecule has 0 radical (unpaired) electrons. The molecule has 92 valence electrons. The van der Waals surface area contributed by atoms with Crippen molar-refractivity contribution >= 4 is 10.9 Å². The van der Waals surface area contributed by atoms with Crippen LogP contribution in [0.4, 0.5) is 0 Å². The number of fused-ring (bicyclic) bond motifs is 1. The Hall–Kier alpha value is -1.24. The van der Waals surface area contributed by atoms with Crippen LogP contribution in [0.1, 0.15) is 49.3 Å². The van der Waals surface area contributed by atoms with Crippen molar-refractivity contribution < 1.29 is 0 Å². The molecule has 0 saturated carbocycles. The number of aromatic amines is 1. The highest BCUT2D eigenvalue weighted by Crippen LogP contribution is 2.24. The third kappa shape index (κ3) is 2.71. The Morgan fingerprint density at radius 2 is 1.88 bits per heavy atom. The van der Waals surface area contributed by atoms with E-state index in [1.807, 2.05) is 0 Å². The molecule has 0 fully saturated rings. The van der Waals surface area contributed by atoms with Gasteiger partial charge < -0.3 is 4.98 Å². The molecule has 1 aromatic carbocycles. The van der Waals surface area contributed by atoms with Gasteiger partial charge in [-0.25, -0.2) is 0 Å². The summed E-state index contributed by atoms with van der Waals surface area (Å²) in [6, 6.07) is 4.56. The number of rotatable bonds is 5. The molecule has 2 aromatic rings. The Kier molecular flexibility index (Phi) is 3.88. The molecule has 2 rings (SSSR count). The fraction of sp³-hybridized carbons (Fsp3) is 0.500. The van der Waals surface area contributed by atoms with Gasteiger partial charge in [0, 0.05) is 17.1 Å². The van der Waals surface area contributed by atoms with E-state index in [2.05, 4.69) is 44.1 Å². The molecular formula is C16H23N. The van der Waals surface area contributed by atoms with E-state index < -0.39 is 0 Å². The second kappa shape index (κ2) is 5.39. The number of hydrogen-bond acceptors (Lipinski definition) is 0. The lowest BCUT2D eigenvalue weighted by molar-refractivity contribution is 0.668. The summed E-state index contributed by atoms with van der Waals surface area (Å²) in [5.41, 5.74) is 5.54. The molecule has 0 bridgehead atoms. The van der Waals surface area contributed by atoms with Gasteiger partial charge in [0.25, 0.3) is 0 Å². The molecule has 17 heavy (non-hydrogen) atoms. The van der Waals surface area contributed by atoms with Crippen molar-refractivity contribution in [1.82, 2.24) is 4.98 Å². The number of aryl methyl sites for hydroxylation is 3. The zero-order valence-corrected chi connectivity index (χ0v) is 11.3. The first kappa shape index (κ1) is 12.2. The lowest BCUT2D eigenvalue weighted by atomic mass is 10.0. The quantitative estimate of drug-likeness (QED) is 0.701. The van der Waals surface area contributed by atoms with Crippen molar-refractivity contribution in [2.24, 2.45) is 0 Å². The van der Waals surface area contributed by atoms with Crippen LogP contribution in [0.5, 0.6) is 0 Å². The highest BCUT2D eigenvalue weighted by molar-refractivity contribution is 5.86. The van der Waals surface area contributed by atoms with Crippen molar-refractivity contribution in [1.29, 1.82) is 0 Å². The minimum atomic E-state index is 1.21. The summed E-state index contributed by atoms with van der Waals surface area (Å²) in [6.07, 6.45) is 8.75. The predicted octanol–water partition coefficient (Wildman–Crippen LogP) is 4.91. The number of H-pyrrole nitrogens is 1. The molecule has 0 aliphatic carbocycles. The number of benzene rings is 1. The smallest absolute Gasteiger partial charge is 0.0486 e. The number of nitrogens with one attached hydrogen (secondary N) is 1. The van der Waals surface area contributed by atoms with E-state index in [9.17, 15) is 0 Å². The molecule has 1 heteroatoms. The van der Waals surface area contributed by atoms with Crippen molar-refractivity contribution in [2.75, 3.05) is 0 Å². The van der Waals surface area contributed by atoms with Crippen molar-refractivity contribution in [2.45, 2.75) is 52.9 Å². The Bertz CT molecular complexity index is 493. The fourth-order valence-corrected chi connectivity index (χ4v) is 2.60. The molecule has 0 aliphatic heterocycles. The standard InChI is InChI=1S/C16H23N/c1-4-5-6-7-8-14-11-17-16-13(3)9-12(2)10-15(14)16/h9-11,17H,4-8H2,1-3H3. The lowest BCUT2D eigenvalue weighted by Gasteiger charge is -2.02. The summed E-state index contributed by atoms with van der Waals surface area (Å²) in [4.78, 5) is 3.42. The molecule has 1 nitrogen and oxygen atoms in total. The summed E-state index contributed by atoms with van der Waals surface area (Å²) >= 11 is 0. The molecule has 0 aliphatic rings. The molecule has 0 saturated heterocycles. The highest BCUT2D eigenvalue weighted by Gasteiger charge is 2.06. The first-order chi connectivity index (χ1) is 8.22. The van der Waals surface area contributed by atoms with E-state index >= 15 is 0 Å². The average Bonchev–Trinajstić information content (AvgIpc) is 2.68. The molecule has 1 N–H and O–H groups in total. The summed E-state index contributed by atoms with van der Waals surface area (Å²) in [5, 5.41) is 1.43. The second-order valence-electron chi connectivity index (χ2n) is 5.13. The Labute approximate surface area is 104 Å². The van der Waals surface area contributed by atoms with Gasteiger partial charge in [0.1, 0.15) is 0 Å². The van der Waals surface area contributed by atoms with Crippen molar-refractivity contribution in [3.63, 3.8) is 0 Å². The first-order valence-electron chi connectivity index (χ1n) is 6.79. The minimum absolute atomic E-state index is 1.21. The number of aromatic nitrogens is 1. The fourth-order valence-electron chi connectivity index (χ4n) is 2.60. The van der Waals surface area contributed by atoms with Crippen LogP contribution >= 0.6 is 0 Å². The van der Waals surface area contributed by atoms with Gasteiger partial charge in [-0.15, -0.1) is 0 Å². The number of hydrogen-bond donors (Lipinski definition) is 1. The summed E-state index contributed by atoms with van der Waals surface area (Å²) in [6.45, 7) is 6.63. The molecule has 0 spiro atoms. The van der Waals surface area contributed by atoms with Crippen LogP contribution in [-0.2, 0) is 6.42 Å². The Balaban J connectivity index is 2.18. The molecule has 0 atom stereocenters. The van der Waals surface area contributed by atoms with Crippen LogP contribution in [0, 0.1) is 13.8 Å². The van der Waals surface area contributed by atoms with E-state index in [1.54, 1.807) is 0 Å².